The van der Waals surface area contributed by atoms with Gasteiger partial charge in [-0.05, 0) is 32.0 Å². The third-order valence-corrected chi connectivity index (χ3v) is 2.78. The Kier molecular flexibility index (Phi) is 5.91. The first-order chi connectivity index (χ1) is 10.2. The lowest BCUT2D eigenvalue weighted by Gasteiger charge is -2.18. The highest BCUT2D eigenvalue weighted by molar-refractivity contribution is 5.97. The summed E-state index contributed by atoms with van der Waals surface area (Å²) in [5.74, 6) is -1.41. The van der Waals surface area contributed by atoms with Crippen LogP contribution in [0.5, 0.6) is 5.75 Å². The van der Waals surface area contributed by atoms with Crippen molar-refractivity contribution in [2.45, 2.75) is 26.9 Å². The molecule has 0 unspecified atom stereocenters. The number of aromatic carboxylic acids is 1. The summed E-state index contributed by atoms with van der Waals surface area (Å²) < 4.78 is 5.55. The molecule has 22 heavy (non-hydrogen) atoms. The first kappa shape index (κ1) is 17.5. The van der Waals surface area contributed by atoms with Crippen molar-refractivity contribution in [1.29, 1.82) is 0 Å². The molecule has 0 saturated carbocycles. The van der Waals surface area contributed by atoms with Crippen LogP contribution in [0.15, 0.2) is 18.2 Å². The summed E-state index contributed by atoms with van der Waals surface area (Å²) in [7, 11) is 1.50. The SMILES string of the molecule is CC(=O)N(C)CC(=O)Nc1cc(C(=O)O)ccc1OC(C)C. The maximum Gasteiger partial charge on any atom is 0.335 e. The number of amides is 2. The molecule has 0 radical (unpaired) electrons. The van der Waals surface area contributed by atoms with Crippen molar-refractivity contribution in [3.8, 4) is 5.75 Å². The predicted molar refractivity (Wildman–Crippen MR) is 81.1 cm³/mol. The molecule has 0 saturated heterocycles. The Morgan fingerprint density at radius 1 is 1.32 bits per heavy atom. The van der Waals surface area contributed by atoms with Crippen LogP contribution in [0.2, 0.25) is 0 Å². The van der Waals surface area contributed by atoms with Crippen molar-refractivity contribution in [3.05, 3.63) is 23.8 Å². The van der Waals surface area contributed by atoms with Crippen LogP contribution in [0.4, 0.5) is 5.69 Å². The largest absolute Gasteiger partial charge is 0.489 e. The summed E-state index contributed by atoms with van der Waals surface area (Å²) in [6.45, 7) is 4.86. The fourth-order valence-electron chi connectivity index (χ4n) is 1.63. The van der Waals surface area contributed by atoms with Gasteiger partial charge in [-0.2, -0.15) is 0 Å². The molecule has 0 bridgehead atoms. The van der Waals surface area contributed by atoms with Gasteiger partial charge in [-0.15, -0.1) is 0 Å². The molecule has 0 spiro atoms. The Morgan fingerprint density at radius 3 is 2.45 bits per heavy atom. The van der Waals surface area contributed by atoms with E-state index < -0.39 is 11.9 Å². The van der Waals surface area contributed by atoms with Gasteiger partial charge in [-0.1, -0.05) is 0 Å². The molecule has 2 amide bonds. The fourth-order valence-corrected chi connectivity index (χ4v) is 1.63. The first-order valence-electron chi connectivity index (χ1n) is 6.76. The smallest absolute Gasteiger partial charge is 0.335 e. The number of likely N-dealkylation sites (N-methyl/N-ethyl adjacent to an activating group) is 1. The zero-order valence-corrected chi connectivity index (χ0v) is 13.0. The number of anilines is 1. The highest BCUT2D eigenvalue weighted by atomic mass is 16.5. The molecule has 7 nitrogen and oxygen atoms in total. The second-order valence-electron chi connectivity index (χ2n) is 5.11. The van der Waals surface area contributed by atoms with Crippen LogP contribution in [-0.2, 0) is 9.59 Å². The van der Waals surface area contributed by atoms with Crippen molar-refractivity contribution in [2.75, 3.05) is 18.9 Å². The van der Waals surface area contributed by atoms with Gasteiger partial charge in [0, 0.05) is 14.0 Å². The number of carbonyl (C=O) groups is 3. The summed E-state index contributed by atoms with van der Waals surface area (Å²) in [5, 5.41) is 11.6. The zero-order valence-electron chi connectivity index (χ0n) is 13.0. The van der Waals surface area contributed by atoms with Crippen molar-refractivity contribution in [3.63, 3.8) is 0 Å². The van der Waals surface area contributed by atoms with E-state index in [2.05, 4.69) is 5.32 Å². The predicted octanol–water partition coefficient (Wildman–Crippen LogP) is 1.59. The molecule has 0 aromatic heterocycles. The third kappa shape index (κ3) is 5.08. The van der Waals surface area contributed by atoms with Gasteiger partial charge >= 0.3 is 5.97 Å². The lowest BCUT2D eigenvalue weighted by Crippen LogP contribution is -2.33. The molecular formula is C15H20N2O5. The molecule has 1 rings (SSSR count). The quantitative estimate of drug-likeness (QED) is 0.832. The number of rotatable bonds is 6. The van der Waals surface area contributed by atoms with E-state index in [0.29, 0.717) is 5.75 Å². The number of nitrogens with one attached hydrogen (secondary N) is 1. The standard InChI is InChI=1S/C15H20N2O5/c1-9(2)22-13-6-5-11(15(20)21)7-12(13)16-14(19)8-17(4)10(3)18/h5-7,9H,8H2,1-4H3,(H,16,19)(H,20,21). The molecule has 0 atom stereocenters. The monoisotopic (exact) mass is 308 g/mol. The lowest BCUT2D eigenvalue weighted by molar-refractivity contribution is -0.131. The second-order valence-corrected chi connectivity index (χ2v) is 5.11. The minimum atomic E-state index is -1.10. The van der Waals surface area contributed by atoms with Gasteiger partial charge in [0.15, 0.2) is 0 Å². The van der Waals surface area contributed by atoms with Gasteiger partial charge in [0.1, 0.15) is 5.75 Å². The second kappa shape index (κ2) is 7.44. The first-order valence-corrected chi connectivity index (χ1v) is 6.76. The number of hydrogen-bond acceptors (Lipinski definition) is 4. The minimum absolute atomic E-state index is 0.0336. The third-order valence-electron chi connectivity index (χ3n) is 2.78. The van der Waals surface area contributed by atoms with E-state index in [1.807, 2.05) is 13.8 Å². The molecule has 120 valence electrons. The summed E-state index contributed by atoms with van der Waals surface area (Å²) in [5.41, 5.74) is 0.293. The van der Waals surface area contributed by atoms with Gasteiger partial charge in [0.2, 0.25) is 11.8 Å². The Bertz CT molecular complexity index is 583. The Labute approximate surface area is 128 Å². The minimum Gasteiger partial charge on any atom is -0.489 e. The van der Waals surface area contributed by atoms with E-state index in [4.69, 9.17) is 9.84 Å². The van der Waals surface area contributed by atoms with Crippen molar-refractivity contribution in [2.24, 2.45) is 0 Å². The molecule has 0 aliphatic heterocycles. The Balaban J connectivity index is 2.98. The van der Waals surface area contributed by atoms with Crippen LogP contribution < -0.4 is 10.1 Å². The van der Waals surface area contributed by atoms with Gasteiger partial charge in [-0.25, -0.2) is 4.79 Å². The van der Waals surface area contributed by atoms with Gasteiger partial charge < -0.3 is 20.1 Å². The zero-order chi connectivity index (χ0) is 16.9. The van der Waals surface area contributed by atoms with Crippen LogP contribution in [0, 0.1) is 0 Å². The Morgan fingerprint density at radius 2 is 1.95 bits per heavy atom. The van der Waals surface area contributed by atoms with Crippen molar-refractivity contribution >= 4 is 23.5 Å². The topological polar surface area (TPSA) is 95.9 Å². The van der Waals surface area contributed by atoms with E-state index in [9.17, 15) is 14.4 Å². The van der Waals surface area contributed by atoms with E-state index in [1.54, 1.807) is 0 Å². The molecule has 0 aliphatic rings. The van der Waals surface area contributed by atoms with Crippen LogP contribution in [-0.4, -0.2) is 47.5 Å². The average molecular weight is 308 g/mol. The van der Waals surface area contributed by atoms with Crippen LogP contribution >= 0.6 is 0 Å². The highest BCUT2D eigenvalue weighted by Gasteiger charge is 2.15. The van der Waals surface area contributed by atoms with E-state index in [1.165, 1.54) is 37.1 Å². The van der Waals surface area contributed by atoms with Crippen LogP contribution in [0.25, 0.3) is 0 Å². The van der Waals surface area contributed by atoms with E-state index in [0.717, 1.165) is 0 Å². The number of benzene rings is 1. The lowest BCUT2D eigenvalue weighted by atomic mass is 10.2. The van der Waals surface area contributed by atoms with Crippen molar-refractivity contribution < 1.29 is 24.2 Å². The Hall–Kier alpha value is -2.57. The molecule has 7 heteroatoms. The van der Waals surface area contributed by atoms with E-state index >= 15 is 0 Å². The van der Waals surface area contributed by atoms with Crippen LogP contribution in [0.3, 0.4) is 0 Å². The molecule has 0 fully saturated rings. The average Bonchev–Trinajstić information content (AvgIpc) is 2.39. The number of carboxylic acid groups (broad SMARTS) is 1. The van der Waals surface area contributed by atoms with Gasteiger partial charge in [0.25, 0.3) is 0 Å². The van der Waals surface area contributed by atoms with Gasteiger partial charge in [0.05, 0.1) is 23.9 Å². The number of carbonyl (C=O) groups excluding carboxylic acids is 2. The maximum absolute atomic E-state index is 11.9. The molecule has 1 aromatic carbocycles. The van der Waals surface area contributed by atoms with Crippen molar-refractivity contribution in [1.82, 2.24) is 4.90 Å². The number of carboxylic acids is 1. The highest BCUT2D eigenvalue weighted by Crippen LogP contribution is 2.27. The fraction of sp³-hybridized carbons (Fsp3) is 0.400. The number of ether oxygens (including phenoxy) is 1. The normalized spacial score (nSPS) is 10.2. The summed E-state index contributed by atoms with van der Waals surface area (Å²) >= 11 is 0. The van der Waals surface area contributed by atoms with Crippen LogP contribution in [0.1, 0.15) is 31.1 Å². The number of nitrogens with zero attached hydrogens (tertiary/aromatic N) is 1. The molecular weight excluding hydrogens is 288 g/mol. The molecule has 0 aliphatic carbocycles. The van der Waals surface area contributed by atoms with E-state index in [-0.39, 0.29) is 29.8 Å². The summed E-state index contributed by atoms with van der Waals surface area (Å²) in [6, 6.07) is 4.22. The summed E-state index contributed by atoms with van der Waals surface area (Å²) in [4.78, 5) is 35.4. The number of hydrogen-bond donors (Lipinski definition) is 2. The molecule has 1 aromatic rings. The molecule has 2 N–H and O–H groups in total. The van der Waals surface area contributed by atoms with Gasteiger partial charge in [-0.3, -0.25) is 9.59 Å². The maximum atomic E-state index is 11.9. The summed E-state index contributed by atoms with van der Waals surface area (Å²) in [6.07, 6.45) is -0.133. The molecule has 0 heterocycles.